The summed E-state index contributed by atoms with van der Waals surface area (Å²) in [5, 5.41) is 0. The van der Waals surface area contributed by atoms with Gasteiger partial charge in [-0.15, -0.1) is 0 Å². The van der Waals surface area contributed by atoms with Gasteiger partial charge in [0, 0.05) is 37.6 Å². The Bertz CT molecular complexity index is 2520. The number of esters is 2. The number of anilines is 2. The van der Waals surface area contributed by atoms with Crippen LogP contribution in [0.4, 0.5) is 11.4 Å². The average Bonchev–Trinajstić information content (AvgIpc) is 3.21. The van der Waals surface area contributed by atoms with E-state index in [0.717, 1.165) is 34.6 Å². The third kappa shape index (κ3) is 14.3. The van der Waals surface area contributed by atoms with Gasteiger partial charge >= 0.3 is 11.9 Å². The molecule has 2 aromatic heterocycles. The third-order valence-electron chi connectivity index (χ3n) is 8.79. The van der Waals surface area contributed by atoms with Crippen molar-refractivity contribution in [2.24, 2.45) is 0 Å². The monoisotopic (exact) mass is 886 g/mol. The van der Waals surface area contributed by atoms with E-state index in [2.05, 4.69) is 29.4 Å². The number of para-hydroxylation sites is 4. The fourth-order valence-electron chi connectivity index (χ4n) is 6.21. The summed E-state index contributed by atoms with van der Waals surface area (Å²) in [4.78, 5) is 49.0. The van der Waals surface area contributed by atoms with Crippen molar-refractivity contribution in [1.82, 2.24) is 29.7 Å². The molecule has 2 unspecified atom stereocenters. The number of likely N-dealkylation sites (N-methyl/N-ethyl adjacent to an activating group) is 2. The van der Waals surface area contributed by atoms with Crippen LogP contribution in [-0.2, 0) is 52.2 Å². The molecule has 6 aromatic rings. The highest BCUT2D eigenvalue weighted by Gasteiger charge is 2.28. The summed E-state index contributed by atoms with van der Waals surface area (Å²) >= 11 is 0. The molecule has 18 nitrogen and oxygen atoms in total. The first-order valence-corrected chi connectivity index (χ1v) is 22.9. The molecule has 0 saturated carbocycles. The predicted octanol–water partition coefficient (Wildman–Crippen LogP) is 3.86. The molecular weight excluding hydrogens is 841 g/mol. The molecule has 2 N–H and O–H groups in total. The Kier molecular flexibility index (Phi) is 14.8. The number of carbonyl (C=O) groups is 2. The number of fused-ring (bicyclic) bond motifs is 2. The highest BCUT2D eigenvalue weighted by molar-refractivity contribution is 7.92. The lowest BCUT2D eigenvalue weighted by Gasteiger charge is -2.26. The summed E-state index contributed by atoms with van der Waals surface area (Å²) in [5.41, 5.74) is 4.91. The summed E-state index contributed by atoms with van der Waals surface area (Å²) in [6.45, 7) is 0.484. The van der Waals surface area contributed by atoms with Gasteiger partial charge in [0.05, 0.1) is 58.4 Å². The van der Waals surface area contributed by atoms with Crippen LogP contribution in [0.5, 0.6) is 11.5 Å². The lowest BCUT2D eigenvalue weighted by atomic mass is 10.2. The molecule has 0 radical (unpaired) electrons. The van der Waals surface area contributed by atoms with Crippen LogP contribution >= 0.6 is 0 Å². The molecule has 0 saturated heterocycles. The molecule has 326 valence electrons. The second kappa shape index (κ2) is 20.4. The molecule has 20 heteroatoms. The summed E-state index contributed by atoms with van der Waals surface area (Å²) in [6, 6.07) is 27.2. The molecule has 0 amide bonds. The van der Waals surface area contributed by atoms with Gasteiger partial charge in [0.2, 0.25) is 20.0 Å². The van der Waals surface area contributed by atoms with Gasteiger partial charge in [-0.2, -0.15) is 0 Å². The zero-order valence-electron chi connectivity index (χ0n) is 34.4. The quantitative estimate of drug-likeness (QED) is 0.0821. The van der Waals surface area contributed by atoms with Crippen LogP contribution in [0.25, 0.3) is 22.1 Å². The summed E-state index contributed by atoms with van der Waals surface area (Å²) in [6.07, 6.45) is 3.41. The maximum Gasteiger partial charge on any atom is 0.417 e. The number of nitrogens with zero attached hydrogens (tertiary/aromatic N) is 6. The first-order chi connectivity index (χ1) is 29.5. The fraction of sp³-hybridized carbons (Fsp3) is 0.286. The van der Waals surface area contributed by atoms with E-state index in [1.165, 1.54) is 24.3 Å². The van der Waals surface area contributed by atoms with Gasteiger partial charge in [0.25, 0.3) is 0 Å². The predicted molar refractivity (Wildman–Crippen MR) is 232 cm³/mol. The van der Waals surface area contributed by atoms with Crippen LogP contribution in [0.2, 0.25) is 0 Å². The largest absolute Gasteiger partial charge is 0.490 e. The van der Waals surface area contributed by atoms with Crippen LogP contribution < -0.4 is 18.9 Å². The highest BCUT2D eigenvalue weighted by Crippen LogP contribution is 2.20. The van der Waals surface area contributed by atoms with Crippen molar-refractivity contribution < 1.29 is 45.4 Å². The number of hydrogen-bond acceptors (Lipinski definition) is 16. The molecule has 62 heavy (non-hydrogen) atoms. The van der Waals surface area contributed by atoms with Gasteiger partial charge in [-0.05, 0) is 86.9 Å². The standard InChI is InChI=1S/C42H46N8O10S2/c1-49(23-31-21-43-37-9-5-7-11-39(37)45-31)25-35(27-57-33-17-13-29(14-18-33)47-61(3,53)54)59-41(51)42(52)60-36(28-58-34-19-15-30(16-20-34)48-62(4,55)56)26-50(2)24-32-22-44-38-10-6-8-12-40(38)46-32/h5-22,35-36,47-48H,23-28H2,1-4H3. The number of benzene rings is 4. The number of hydrogen-bond donors (Lipinski definition) is 2. The Hall–Kier alpha value is -6.48. The summed E-state index contributed by atoms with van der Waals surface area (Å²) in [7, 11) is -3.42. The first-order valence-electron chi connectivity index (χ1n) is 19.1. The average molecular weight is 887 g/mol. The minimum absolute atomic E-state index is 0.105. The molecule has 6 rings (SSSR count). The number of aromatic nitrogens is 4. The summed E-state index contributed by atoms with van der Waals surface area (Å²) < 4.78 is 74.8. The lowest BCUT2D eigenvalue weighted by molar-refractivity contribution is -0.176. The molecular formula is C42H46N8O10S2. The van der Waals surface area contributed by atoms with Gasteiger partial charge in [-0.3, -0.25) is 29.2 Å². The molecule has 0 spiro atoms. The van der Waals surface area contributed by atoms with Gasteiger partial charge in [0.15, 0.2) is 0 Å². The van der Waals surface area contributed by atoms with Crippen molar-refractivity contribution in [3.8, 4) is 11.5 Å². The topological polar surface area (TPSA) is 221 Å². The minimum atomic E-state index is -3.50. The zero-order chi connectivity index (χ0) is 44.3. The number of carbonyl (C=O) groups excluding carboxylic acids is 2. The van der Waals surface area contributed by atoms with Crippen LogP contribution in [0, 0.1) is 0 Å². The molecule has 2 heterocycles. The number of rotatable bonds is 20. The second-order valence-corrected chi connectivity index (χ2v) is 18.1. The van der Waals surface area contributed by atoms with Crippen molar-refractivity contribution in [2.45, 2.75) is 25.3 Å². The molecule has 0 aliphatic heterocycles. The van der Waals surface area contributed by atoms with Crippen molar-refractivity contribution in [2.75, 3.05) is 62.4 Å². The molecule has 0 fully saturated rings. The summed E-state index contributed by atoms with van der Waals surface area (Å²) in [5.74, 6) is -1.83. The van der Waals surface area contributed by atoms with E-state index in [1.807, 2.05) is 58.3 Å². The van der Waals surface area contributed by atoms with Crippen LogP contribution in [0.1, 0.15) is 11.4 Å². The van der Waals surface area contributed by atoms with E-state index in [4.69, 9.17) is 18.9 Å². The van der Waals surface area contributed by atoms with Gasteiger partial charge < -0.3 is 18.9 Å². The van der Waals surface area contributed by atoms with Crippen molar-refractivity contribution >= 4 is 65.4 Å². The SMILES string of the molecule is CN(Cc1cnc2ccccc2n1)CC(COc1ccc(NS(C)(=O)=O)cc1)OC(=O)C(=O)OC(COc1ccc(NS(C)(=O)=O)cc1)CN(C)Cc1cnc2ccccc2n1. The molecule has 4 aromatic carbocycles. The maximum absolute atomic E-state index is 13.5. The highest BCUT2D eigenvalue weighted by atomic mass is 32.2. The van der Waals surface area contributed by atoms with E-state index >= 15 is 0 Å². The number of nitrogens with one attached hydrogen (secondary N) is 2. The second-order valence-electron chi connectivity index (χ2n) is 14.6. The Morgan fingerprint density at radius 1 is 0.565 bits per heavy atom. The Morgan fingerprint density at radius 2 is 0.919 bits per heavy atom. The smallest absolute Gasteiger partial charge is 0.417 e. The van der Waals surface area contributed by atoms with Crippen LogP contribution in [-0.4, -0.2) is 124 Å². The van der Waals surface area contributed by atoms with Crippen molar-refractivity contribution in [3.63, 3.8) is 0 Å². The normalized spacial score (nSPS) is 12.8. The Balaban J connectivity index is 1.14. The Morgan fingerprint density at radius 3 is 1.27 bits per heavy atom. The van der Waals surface area contributed by atoms with Crippen LogP contribution in [0.15, 0.2) is 109 Å². The van der Waals surface area contributed by atoms with Gasteiger partial charge in [-0.25, -0.2) is 36.4 Å². The van der Waals surface area contributed by atoms with Crippen molar-refractivity contribution in [1.29, 1.82) is 0 Å². The van der Waals surface area contributed by atoms with E-state index < -0.39 is 44.2 Å². The molecule has 0 bridgehead atoms. The van der Waals surface area contributed by atoms with Gasteiger partial charge in [-0.1, -0.05) is 24.3 Å². The minimum Gasteiger partial charge on any atom is -0.490 e. The fourth-order valence-corrected chi connectivity index (χ4v) is 7.34. The maximum atomic E-state index is 13.5. The van der Waals surface area contributed by atoms with E-state index in [-0.39, 0.29) is 26.3 Å². The van der Waals surface area contributed by atoms with Crippen molar-refractivity contribution in [3.05, 3.63) is 121 Å². The lowest BCUT2D eigenvalue weighted by Crippen LogP contribution is -2.41. The number of ether oxygens (including phenoxy) is 4. The van der Waals surface area contributed by atoms with E-state index in [1.54, 1.807) is 50.8 Å². The molecule has 0 aliphatic carbocycles. The Labute approximate surface area is 359 Å². The van der Waals surface area contributed by atoms with Crippen LogP contribution in [0.3, 0.4) is 0 Å². The molecule has 2 atom stereocenters. The van der Waals surface area contributed by atoms with E-state index in [9.17, 15) is 26.4 Å². The zero-order valence-corrected chi connectivity index (χ0v) is 36.0. The molecule has 0 aliphatic rings. The number of sulfonamides is 2. The van der Waals surface area contributed by atoms with Gasteiger partial charge in [0.1, 0.15) is 36.9 Å². The first kappa shape index (κ1) is 45.1. The van der Waals surface area contributed by atoms with E-state index in [0.29, 0.717) is 47.4 Å². The third-order valence-corrected chi connectivity index (χ3v) is 10.0.